The molecule has 1 aliphatic heterocycles. The van der Waals surface area contributed by atoms with Gasteiger partial charge in [-0.05, 0) is 57.9 Å². The van der Waals surface area contributed by atoms with E-state index in [4.69, 9.17) is 14.6 Å². The highest BCUT2D eigenvalue weighted by Gasteiger charge is 2.33. The number of carbonyl (C=O) groups is 2. The number of aliphatic hydroxyl groups excluding tert-OH is 1. The number of aliphatic hydroxyl groups is 1. The van der Waals surface area contributed by atoms with Gasteiger partial charge < -0.3 is 25.0 Å². The maximum Gasteiger partial charge on any atom is 0.303 e. The van der Waals surface area contributed by atoms with Gasteiger partial charge in [-0.25, -0.2) is 0 Å². The normalized spacial score (nSPS) is 17.0. The molecule has 5 aromatic rings. The molecule has 6 rings (SSSR count). The van der Waals surface area contributed by atoms with E-state index in [1.165, 1.54) is 11.1 Å². The van der Waals surface area contributed by atoms with Gasteiger partial charge in [-0.15, -0.1) is 0 Å². The summed E-state index contributed by atoms with van der Waals surface area (Å²) in [5.74, 6) is -0.832. The monoisotopic (exact) mass is 726 g/mol. The van der Waals surface area contributed by atoms with Crippen molar-refractivity contribution in [2.24, 2.45) is 0 Å². The first-order valence-electron chi connectivity index (χ1n) is 18.9. The summed E-state index contributed by atoms with van der Waals surface area (Å²) in [6.07, 6.45) is 2.36. The number of nitrogens with zero attached hydrogens (tertiary/aromatic N) is 1. The first-order valence-corrected chi connectivity index (χ1v) is 18.9. The van der Waals surface area contributed by atoms with Crippen LogP contribution in [0.15, 0.2) is 133 Å². The molecule has 0 aromatic heterocycles. The number of unbranched alkanes of at least 4 members (excludes halogenated alkanes) is 2. The summed E-state index contributed by atoms with van der Waals surface area (Å²) in [7, 11) is 0. The molecular formula is C46H50N2O6. The predicted molar refractivity (Wildman–Crippen MR) is 210 cm³/mol. The van der Waals surface area contributed by atoms with Crippen LogP contribution in [0.1, 0.15) is 84.3 Å². The van der Waals surface area contributed by atoms with Crippen LogP contribution in [0.5, 0.6) is 0 Å². The van der Waals surface area contributed by atoms with Gasteiger partial charge in [-0.2, -0.15) is 0 Å². The average molecular weight is 727 g/mol. The highest BCUT2D eigenvalue weighted by molar-refractivity contribution is 5.76. The van der Waals surface area contributed by atoms with Crippen molar-refractivity contribution in [2.75, 3.05) is 6.54 Å². The van der Waals surface area contributed by atoms with Crippen LogP contribution in [0.25, 0.3) is 11.1 Å². The molecule has 1 fully saturated rings. The number of aliphatic carboxylic acids is 1. The van der Waals surface area contributed by atoms with Gasteiger partial charge in [0.1, 0.15) is 0 Å². The summed E-state index contributed by atoms with van der Waals surface area (Å²) >= 11 is 0. The third-order valence-electron chi connectivity index (χ3n) is 9.80. The van der Waals surface area contributed by atoms with E-state index in [9.17, 15) is 14.7 Å². The van der Waals surface area contributed by atoms with Crippen molar-refractivity contribution in [3.05, 3.63) is 167 Å². The fourth-order valence-electron chi connectivity index (χ4n) is 6.91. The van der Waals surface area contributed by atoms with Crippen LogP contribution in [-0.2, 0) is 45.3 Å². The maximum atomic E-state index is 12.4. The molecule has 0 unspecified atom stereocenters. The highest BCUT2D eigenvalue weighted by Crippen LogP contribution is 2.39. The fourth-order valence-corrected chi connectivity index (χ4v) is 6.91. The molecule has 280 valence electrons. The summed E-state index contributed by atoms with van der Waals surface area (Å²) in [6, 6.07) is 45.5. The van der Waals surface area contributed by atoms with Crippen LogP contribution in [0, 0.1) is 0 Å². The summed E-state index contributed by atoms with van der Waals surface area (Å²) in [6.45, 7) is 2.74. The molecule has 8 heteroatoms. The summed E-state index contributed by atoms with van der Waals surface area (Å²) in [4.78, 5) is 25.5. The standard InChI is InChI=1S/C46H50N2O6/c49-33-36-19-21-39(22-20-36)43-28-42(32-48(30-34-11-4-1-5-12-34)31-35-13-6-2-7-14-35)53-46(54-43)40-25-23-38(24-26-40)41-16-10-15-37(27-41)29-47-44(50)17-8-3-9-18-45(51)52/h1-2,4-7,10-16,19-27,42-43,46,49H,3,8-9,17-18,28-33H2,(H,47,50)(H,51,52)/t42-,43+,46+/m0/s1. The van der Waals surface area contributed by atoms with Crippen LogP contribution in [0.2, 0.25) is 0 Å². The Morgan fingerprint density at radius 1 is 0.648 bits per heavy atom. The fraction of sp³-hybridized carbons (Fsp3) is 0.304. The van der Waals surface area contributed by atoms with Gasteiger partial charge in [0.05, 0.1) is 18.8 Å². The second-order valence-corrected chi connectivity index (χ2v) is 14.0. The van der Waals surface area contributed by atoms with Gasteiger partial charge in [0.25, 0.3) is 0 Å². The molecule has 0 saturated carbocycles. The zero-order valence-electron chi connectivity index (χ0n) is 30.7. The lowest BCUT2D eigenvalue weighted by atomic mass is 9.98. The number of hydrogen-bond donors (Lipinski definition) is 3. The molecule has 3 N–H and O–H groups in total. The van der Waals surface area contributed by atoms with E-state index >= 15 is 0 Å². The van der Waals surface area contributed by atoms with Crippen molar-refractivity contribution in [2.45, 2.75) is 83.3 Å². The number of benzene rings is 5. The maximum absolute atomic E-state index is 12.4. The first kappa shape index (κ1) is 38.6. The Labute approximate surface area is 318 Å². The number of rotatable bonds is 18. The number of carboxylic acid groups (broad SMARTS) is 1. The quantitative estimate of drug-likeness (QED) is 0.0776. The molecule has 3 atom stereocenters. The molecular weight excluding hydrogens is 677 g/mol. The van der Waals surface area contributed by atoms with Crippen LogP contribution in [0.4, 0.5) is 0 Å². The largest absolute Gasteiger partial charge is 0.481 e. The van der Waals surface area contributed by atoms with E-state index in [1.54, 1.807) is 0 Å². The Balaban J connectivity index is 1.15. The third-order valence-corrected chi connectivity index (χ3v) is 9.80. The van der Waals surface area contributed by atoms with Gasteiger partial charge in [-0.1, -0.05) is 134 Å². The molecule has 1 amide bonds. The average Bonchev–Trinajstić information content (AvgIpc) is 3.20. The van der Waals surface area contributed by atoms with Gasteiger partial charge >= 0.3 is 5.97 Å². The number of hydrogen-bond acceptors (Lipinski definition) is 6. The smallest absolute Gasteiger partial charge is 0.303 e. The zero-order valence-corrected chi connectivity index (χ0v) is 30.7. The van der Waals surface area contributed by atoms with E-state index in [2.05, 4.69) is 95.1 Å². The van der Waals surface area contributed by atoms with Gasteiger partial charge in [0.2, 0.25) is 5.91 Å². The molecule has 1 aliphatic rings. The molecule has 0 spiro atoms. The number of nitrogens with one attached hydrogen (secondary N) is 1. The molecule has 5 aromatic carbocycles. The number of ether oxygens (including phenoxy) is 2. The van der Waals surface area contributed by atoms with Gasteiger partial charge in [0.15, 0.2) is 6.29 Å². The van der Waals surface area contributed by atoms with Crippen LogP contribution in [0.3, 0.4) is 0 Å². The highest BCUT2D eigenvalue weighted by atomic mass is 16.7. The van der Waals surface area contributed by atoms with Crippen LogP contribution < -0.4 is 5.32 Å². The van der Waals surface area contributed by atoms with E-state index in [0.29, 0.717) is 32.2 Å². The zero-order chi connectivity index (χ0) is 37.5. The van der Waals surface area contributed by atoms with Gasteiger partial charge in [-0.3, -0.25) is 14.5 Å². The van der Waals surface area contributed by atoms with E-state index < -0.39 is 12.3 Å². The molecule has 0 radical (unpaired) electrons. The summed E-state index contributed by atoms with van der Waals surface area (Å²) in [5, 5.41) is 21.4. The second kappa shape index (κ2) is 19.8. The Morgan fingerprint density at radius 3 is 1.93 bits per heavy atom. The SMILES string of the molecule is O=C(O)CCCCCC(=O)NCc1cccc(-c2ccc([C@@H]3O[C@H](CN(Cc4ccccc4)Cc4ccccc4)C[C@H](c4ccc(CO)cc4)O3)cc2)c1. The summed E-state index contributed by atoms with van der Waals surface area (Å²) < 4.78 is 13.5. The molecule has 0 aliphatic carbocycles. The van der Waals surface area contributed by atoms with Crippen molar-refractivity contribution in [3.63, 3.8) is 0 Å². The van der Waals surface area contributed by atoms with Crippen LogP contribution >= 0.6 is 0 Å². The van der Waals surface area contributed by atoms with Crippen molar-refractivity contribution < 1.29 is 29.3 Å². The molecule has 8 nitrogen and oxygen atoms in total. The van der Waals surface area contributed by atoms with E-state index in [-0.39, 0.29) is 31.1 Å². The Hall–Kier alpha value is -5.12. The number of carboxylic acids is 1. The van der Waals surface area contributed by atoms with Crippen LogP contribution in [-0.4, -0.2) is 39.6 Å². The Morgan fingerprint density at radius 2 is 1.28 bits per heavy atom. The second-order valence-electron chi connectivity index (χ2n) is 14.0. The lowest BCUT2D eigenvalue weighted by Gasteiger charge is -2.38. The molecule has 54 heavy (non-hydrogen) atoms. The van der Waals surface area contributed by atoms with Crippen molar-refractivity contribution in [1.29, 1.82) is 0 Å². The Bertz CT molecular complexity index is 1860. The van der Waals surface area contributed by atoms with Crippen molar-refractivity contribution >= 4 is 11.9 Å². The predicted octanol–water partition coefficient (Wildman–Crippen LogP) is 8.75. The molecule has 1 heterocycles. The third kappa shape index (κ3) is 11.7. The number of carbonyl (C=O) groups excluding carboxylic acids is 1. The number of amides is 1. The van der Waals surface area contributed by atoms with E-state index in [1.807, 2.05) is 48.5 Å². The minimum atomic E-state index is -0.801. The lowest BCUT2D eigenvalue weighted by molar-refractivity contribution is -0.253. The van der Waals surface area contributed by atoms with Gasteiger partial charge in [0, 0.05) is 51.0 Å². The Kier molecular flexibility index (Phi) is 14.2. The molecule has 0 bridgehead atoms. The topological polar surface area (TPSA) is 108 Å². The lowest BCUT2D eigenvalue weighted by Crippen LogP contribution is -2.39. The van der Waals surface area contributed by atoms with E-state index in [0.717, 1.165) is 59.4 Å². The van der Waals surface area contributed by atoms with Crippen molar-refractivity contribution in [3.8, 4) is 11.1 Å². The summed E-state index contributed by atoms with van der Waals surface area (Å²) in [5.41, 5.74) is 8.45. The minimum Gasteiger partial charge on any atom is -0.481 e. The first-order chi connectivity index (χ1) is 26.4. The van der Waals surface area contributed by atoms with Crippen molar-refractivity contribution in [1.82, 2.24) is 10.2 Å². The minimum absolute atomic E-state index is 0.00440. The molecule has 1 saturated heterocycles.